The van der Waals surface area contributed by atoms with Crippen LogP contribution in [0, 0.1) is 11.8 Å². The molecule has 3 heterocycles. The van der Waals surface area contributed by atoms with Crippen molar-refractivity contribution in [2.75, 3.05) is 18.4 Å². The molecule has 6 heteroatoms. The first-order chi connectivity index (χ1) is 12.1. The Morgan fingerprint density at radius 2 is 2.12 bits per heavy atom. The molecule has 1 saturated heterocycles. The molecule has 25 heavy (non-hydrogen) atoms. The van der Waals surface area contributed by atoms with Crippen LogP contribution in [0.2, 0.25) is 0 Å². The minimum absolute atomic E-state index is 0.0653. The first kappa shape index (κ1) is 17.3. The Labute approximate surface area is 148 Å². The zero-order valence-corrected chi connectivity index (χ0v) is 14.9. The molecular formula is C19H25N5O. The van der Waals surface area contributed by atoms with Crippen molar-refractivity contribution in [3.8, 4) is 0 Å². The van der Waals surface area contributed by atoms with Gasteiger partial charge in [-0.25, -0.2) is 4.98 Å². The van der Waals surface area contributed by atoms with Gasteiger partial charge < -0.3 is 10.2 Å². The minimum Gasteiger partial charge on any atom is -0.342 e. The lowest BCUT2D eigenvalue weighted by Gasteiger charge is -2.33. The van der Waals surface area contributed by atoms with Crippen molar-refractivity contribution in [1.29, 1.82) is 0 Å². The Hall–Kier alpha value is -2.50. The summed E-state index contributed by atoms with van der Waals surface area (Å²) in [5, 5.41) is 11.7. The van der Waals surface area contributed by atoms with E-state index in [1.165, 1.54) is 0 Å². The molecule has 2 aromatic heterocycles. The van der Waals surface area contributed by atoms with Crippen molar-refractivity contribution in [2.45, 2.75) is 33.1 Å². The normalized spacial score (nSPS) is 17.6. The third-order valence-corrected chi connectivity index (χ3v) is 4.46. The van der Waals surface area contributed by atoms with Gasteiger partial charge in [-0.15, -0.1) is 5.10 Å². The van der Waals surface area contributed by atoms with Crippen LogP contribution < -0.4 is 5.32 Å². The summed E-state index contributed by atoms with van der Waals surface area (Å²) in [6.45, 7) is 5.63. The Bertz CT molecular complexity index is 687. The summed E-state index contributed by atoms with van der Waals surface area (Å²) in [7, 11) is 0. The third kappa shape index (κ3) is 4.75. The molecule has 0 radical (unpaired) electrons. The van der Waals surface area contributed by atoms with Crippen molar-refractivity contribution >= 4 is 17.5 Å². The number of aromatic nitrogens is 3. The maximum Gasteiger partial charge on any atom is 0.225 e. The average Bonchev–Trinajstić information content (AvgIpc) is 2.64. The number of rotatable bonds is 5. The summed E-state index contributed by atoms with van der Waals surface area (Å²) in [6, 6.07) is 9.61. The van der Waals surface area contributed by atoms with Crippen LogP contribution in [-0.4, -0.2) is 39.1 Å². The van der Waals surface area contributed by atoms with Crippen molar-refractivity contribution in [3.63, 3.8) is 0 Å². The third-order valence-electron chi connectivity index (χ3n) is 4.46. The van der Waals surface area contributed by atoms with Gasteiger partial charge in [0.2, 0.25) is 5.91 Å². The van der Waals surface area contributed by atoms with Gasteiger partial charge in [0.1, 0.15) is 5.82 Å². The number of pyridine rings is 1. The lowest BCUT2D eigenvalue weighted by atomic mass is 9.92. The minimum atomic E-state index is 0.0653. The van der Waals surface area contributed by atoms with Gasteiger partial charge in [0.25, 0.3) is 0 Å². The molecule has 6 nitrogen and oxygen atoms in total. The van der Waals surface area contributed by atoms with E-state index in [2.05, 4.69) is 20.5 Å². The van der Waals surface area contributed by atoms with Gasteiger partial charge in [-0.3, -0.25) is 4.79 Å². The number of carbonyl (C=O) groups excluding carboxylic acids is 1. The quantitative estimate of drug-likeness (QED) is 0.906. The molecule has 0 aliphatic carbocycles. The zero-order valence-electron chi connectivity index (χ0n) is 14.9. The van der Waals surface area contributed by atoms with E-state index in [0.29, 0.717) is 11.7 Å². The van der Waals surface area contributed by atoms with Crippen LogP contribution in [0.1, 0.15) is 32.4 Å². The molecule has 0 spiro atoms. The van der Waals surface area contributed by atoms with Crippen LogP contribution in [0.4, 0.5) is 11.6 Å². The predicted molar refractivity (Wildman–Crippen MR) is 97.4 cm³/mol. The molecule has 1 atom stereocenters. The molecule has 0 unspecified atom stereocenters. The maximum atomic E-state index is 12.2. The number of nitrogens with zero attached hydrogens (tertiary/aromatic N) is 4. The monoisotopic (exact) mass is 339 g/mol. The smallest absolute Gasteiger partial charge is 0.225 e. The van der Waals surface area contributed by atoms with E-state index in [4.69, 9.17) is 0 Å². The van der Waals surface area contributed by atoms with Crippen LogP contribution in [0.5, 0.6) is 0 Å². The highest BCUT2D eigenvalue weighted by Gasteiger charge is 2.25. The molecule has 1 fully saturated rings. The summed E-state index contributed by atoms with van der Waals surface area (Å²) < 4.78 is 0. The number of piperidine rings is 1. The van der Waals surface area contributed by atoms with Gasteiger partial charge in [-0.2, -0.15) is 5.10 Å². The number of amides is 1. The van der Waals surface area contributed by atoms with E-state index in [1.54, 1.807) is 6.20 Å². The number of hydrogen-bond acceptors (Lipinski definition) is 5. The van der Waals surface area contributed by atoms with Gasteiger partial charge in [-0.1, -0.05) is 19.9 Å². The van der Waals surface area contributed by atoms with Gasteiger partial charge in [0.15, 0.2) is 5.82 Å². The summed E-state index contributed by atoms with van der Waals surface area (Å²) in [6.07, 6.45) is 4.80. The maximum absolute atomic E-state index is 12.2. The van der Waals surface area contributed by atoms with Crippen LogP contribution in [-0.2, 0) is 11.2 Å². The highest BCUT2D eigenvalue weighted by atomic mass is 16.2. The van der Waals surface area contributed by atoms with Crippen LogP contribution in [0.15, 0.2) is 36.5 Å². The summed E-state index contributed by atoms with van der Waals surface area (Å²) in [4.78, 5) is 18.4. The molecule has 0 aromatic carbocycles. The second-order valence-corrected chi connectivity index (χ2v) is 6.90. The number of hydrogen-bond donors (Lipinski definition) is 1. The number of likely N-dealkylation sites (tertiary alicyclic amines) is 1. The molecule has 132 valence electrons. The number of nitrogens with one attached hydrogen (secondary N) is 1. The molecule has 1 aliphatic rings. The van der Waals surface area contributed by atoms with Crippen LogP contribution >= 0.6 is 0 Å². The van der Waals surface area contributed by atoms with E-state index >= 15 is 0 Å². The average molecular weight is 339 g/mol. The Kier molecular flexibility index (Phi) is 5.58. The summed E-state index contributed by atoms with van der Waals surface area (Å²) >= 11 is 0. The molecule has 2 aromatic rings. The van der Waals surface area contributed by atoms with E-state index in [1.807, 2.05) is 49.1 Å². The topological polar surface area (TPSA) is 71.0 Å². The lowest BCUT2D eigenvalue weighted by molar-refractivity contribution is -0.136. The second-order valence-electron chi connectivity index (χ2n) is 6.90. The molecule has 1 N–H and O–H groups in total. The van der Waals surface area contributed by atoms with E-state index in [0.717, 1.165) is 43.9 Å². The largest absolute Gasteiger partial charge is 0.342 e. The standard InChI is InChI=1S/C19H25N5O/c1-14(2)19(25)24-11-5-6-15(13-24)12-16-8-9-18(23-22-16)21-17-7-3-4-10-20-17/h3-4,7-10,14-15H,5-6,11-13H2,1-2H3,(H,20,21,23)/t15-/m1/s1. The van der Waals surface area contributed by atoms with Crippen LogP contribution in [0.25, 0.3) is 0 Å². The molecule has 0 saturated carbocycles. The van der Waals surface area contributed by atoms with E-state index in [-0.39, 0.29) is 11.8 Å². The van der Waals surface area contributed by atoms with Crippen molar-refractivity contribution in [3.05, 3.63) is 42.2 Å². The van der Waals surface area contributed by atoms with Gasteiger partial charge in [0, 0.05) is 25.2 Å². The van der Waals surface area contributed by atoms with Crippen molar-refractivity contribution < 1.29 is 4.79 Å². The first-order valence-corrected chi connectivity index (χ1v) is 8.91. The highest BCUT2D eigenvalue weighted by molar-refractivity contribution is 5.78. The highest BCUT2D eigenvalue weighted by Crippen LogP contribution is 2.22. The molecular weight excluding hydrogens is 314 g/mol. The SMILES string of the molecule is CC(C)C(=O)N1CCC[C@H](Cc2ccc(Nc3ccccn3)nn2)C1. The van der Waals surface area contributed by atoms with E-state index < -0.39 is 0 Å². The fourth-order valence-corrected chi connectivity index (χ4v) is 3.20. The van der Waals surface area contributed by atoms with Gasteiger partial charge in [0.05, 0.1) is 5.69 Å². The van der Waals surface area contributed by atoms with Crippen molar-refractivity contribution in [1.82, 2.24) is 20.1 Å². The fourth-order valence-electron chi connectivity index (χ4n) is 3.20. The molecule has 0 bridgehead atoms. The van der Waals surface area contributed by atoms with Crippen LogP contribution in [0.3, 0.4) is 0 Å². The van der Waals surface area contributed by atoms with Gasteiger partial charge in [-0.05, 0) is 49.4 Å². The van der Waals surface area contributed by atoms with Crippen molar-refractivity contribution in [2.24, 2.45) is 11.8 Å². The zero-order chi connectivity index (χ0) is 17.6. The molecule has 1 aliphatic heterocycles. The molecule has 1 amide bonds. The Morgan fingerprint density at radius 1 is 1.24 bits per heavy atom. The fraction of sp³-hybridized carbons (Fsp3) is 0.474. The summed E-state index contributed by atoms with van der Waals surface area (Å²) in [5.41, 5.74) is 0.968. The second kappa shape index (κ2) is 8.05. The Balaban J connectivity index is 1.57. The van der Waals surface area contributed by atoms with Gasteiger partial charge >= 0.3 is 0 Å². The Morgan fingerprint density at radius 3 is 2.80 bits per heavy atom. The lowest BCUT2D eigenvalue weighted by Crippen LogP contribution is -2.42. The summed E-state index contributed by atoms with van der Waals surface area (Å²) in [5.74, 6) is 2.21. The first-order valence-electron chi connectivity index (χ1n) is 8.91. The number of carbonyl (C=O) groups is 1. The number of anilines is 2. The predicted octanol–water partition coefficient (Wildman–Crippen LogP) is 3.05. The van der Waals surface area contributed by atoms with E-state index in [9.17, 15) is 4.79 Å². The molecule has 3 rings (SSSR count).